The number of benzene rings is 2. The highest BCUT2D eigenvalue weighted by Gasteiger charge is 2.27. The van der Waals surface area contributed by atoms with Crippen LogP contribution in [-0.2, 0) is 9.59 Å². The third-order valence-electron chi connectivity index (χ3n) is 3.21. The van der Waals surface area contributed by atoms with Crippen LogP contribution in [0.5, 0.6) is 5.75 Å². The molecular weight excluding hydrogens is 434 g/mol. The smallest absolute Gasteiger partial charge is 0.344 e. The quantitative estimate of drug-likeness (QED) is 0.629. The number of nitrogens with two attached hydrogens (primary N) is 1. The predicted octanol–water partition coefficient (Wildman–Crippen LogP) is 3.00. The molecule has 23 heavy (non-hydrogen) atoms. The van der Waals surface area contributed by atoms with Gasteiger partial charge in [0.15, 0.2) is 6.10 Å². The van der Waals surface area contributed by atoms with E-state index in [0.717, 1.165) is 15.2 Å². The highest BCUT2D eigenvalue weighted by Crippen LogP contribution is 2.35. The van der Waals surface area contributed by atoms with E-state index in [2.05, 4.69) is 31.9 Å². The molecule has 2 atom stereocenters. The number of hydrogen-bond donors (Lipinski definition) is 3. The summed E-state index contributed by atoms with van der Waals surface area (Å²) in [6.45, 7) is 0. The van der Waals surface area contributed by atoms with Gasteiger partial charge in [0.2, 0.25) is 0 Å². The van der Waals surface area contributed by atoms with E-state index < -0.39 is 24.1 Å². The second-order valence-electron chi connectivity index (χ2n) is 4.87. The number of ether oxygens (including phenoxy) is 1. The number of aliphatic carboxylic acids is 2. The lowest BCUT2D eigenvalue weighted by Gasteiger charge is -2.18. The first kappa shape index (κ1) is 17.7. The van der Waals surface area contributed by atoms with Crippen LogP contribution in [0.15, 0.2) is 39.3 Å². The van der Waals surface area contributed by atoms with Crippen LogP contribution in [0.25, 0.3) is 10.8 Å². The van der Waals surface area contributed by atoms with Crippen LogP contribution in [-0.4, -0.2) is 34.3 Å². The lowest BCUT2D eigenvalue weighted by atomic mass is 10.1. The zero-order valence-corrected chi connectivity index (χ0v) is 14.9. The van der Waals surface area contributed by atoms with Crippen molar-refractivity contribution in [1.29, 1.82) is 0 Å². The van der Waals surface area contributed by atoms with Gasteiger partial charge in [-0.2, -0.15) is 0 Å². The average Bonchev–Trinajstić information content (AvgIpc) is 2.48. The van der Waals surface area contributed by atoms with E-state index in [4.69, 9.17) is 15.6 Å². The van der Waals surface area contributed by atoms with Crippen molar-refractivity contribution < 1.29 is 24.5 Å². The Balaban J connectivity index is 2.31. The molecule has 0 saturated heterocycles. The summed E-state index contributed by atoms with van der Waals surface area (Å²) < 4.78 is 6.98. The molecule has 0 heterocycles. The number of fused-ring (bicyclic) bond motifs is 1. The standard InChI is InChI=1S/C15H13Br2NO5/c16-8-2-3-9-7(5-8)1-4-11(13(9)17)23-12(15(21)22)6-10(18)14(19)20/h1-5,10,12H,6,18H2,(H,19,20)(H,21,22)/t10-,12?/m0/s1. The molecule has 0 aliphatic rings. The van der Waals surface area contributed by atoms with Gasteiger partial charge >= 0.3 is 11.9 Å². The average molecular weight is 447 g/mol. The molecule has 0 saturated carbocycles. The molecule has 8 heteroatoms. The fourth-order valence-electron chi connectivity index (χ4n) is 2.02. The van der Waals surface area contributed by atoms with Crippen molar-refractivity contribution in [2.24, 2.45) is 5.73 Å². The molecule has 0 bridgehead atoms. The molecule has 2 aromatic rings. The van der Waals surface area contributed by atoms with Gasteiger partial charge in [0.05, 0.1) is 4.47 Å². The summed E-state index contributed by atoms with van der Waals surface area (Å²) in [5.74, 6) is -2.24. The molecular formula is C15H13Br2NO5. The SMILES string of the molecule is N[C@@H](CC(Oc1ccc2cc(Br)ccc2c1Br)C(=O)O)C(=O)O. The van der Waals surface area contributed by atoms with E-state index in [1.807, 2.05) is 18.2 Å². The van der Waals surface area contributed by atoms with Crippen molar-refractivity contribution in [3.63, 3.8) is 0 Å². The molecule has 0 aromatic heterocycles. The van der Waals surface area contributed by atoms with Crippen molar-refractivity contribution in [2.75, 3.05) is 0 Å². The lowest BCUT2D eigenvalue weighted by molar-refractivity contribution is -0.146. The molecule has 6 nitrogen and oxygen atoms in total. The van der Waals surface area contributed by atoms with Crippen LogP contribution in [0.1, 0.15) is 6.42 Å². The van der Waals surface area contributed by atoms with Gasteiger partial charge in [-0.3, -0.25) is 4.79 Å². The Hall–Kier alpha value is -1.64. The zero-order valence-electron chi connectivity index (χ0n) is 11.7. The number of carboxylic acid groups (broad SMARTS) is 2. The first-order chi connectivity index (χ1) is 10.8. The molecule has 0 aliphatic heterocycles. The van der Waals surface area contributed by atoms with Crippen LogP contribution in [0.2, 0.25) is 0 Å². The molecule has 4 N–H and O–H groups in total. The van der Waals surface area contributed by atoms with Crippen molar-refractivity contribution in [1.82, 2.24) is 0 Å². The van der Waals surface area contributed by atoms with E-state index in [9.17, 15) is 14.7 Å². The van der Waals surface area contributed by atoms with E-state index in [0.29, 0.717) is 10.2 Å². The second kappa shape index (κ2) is 7.29. The van der Waals surface area contributed by atoms with Gasteiger partial charge in [-0.25, -0.2) is 4.79 Å². The van der Waals surface area contributed by atoms with Crippen molar-refractivity contribution in [3.8, 4) is 5.75 Å². The maximum Gasteiger partial charge on any atom is 0.344 e. The van der Waals surface area contributed by atoms with Crippen LogP contribution in [0.3, 0.4) is 0 Å². The summed E-state index contributed by atoms with van der Waals surface area (Å²) >= 11 is 6.78. The van der Waals surface area contributed by atoms with Gasteiger partial charge in [0.25, 0.3) is 0 Å². The first-order valence-electron chi connectivity index (χ1n) is 6.55. The molecule has 0 aliphatic carbocycles. The third-order valence-corrected chi connectivity index (χ3v) is 4.52. The molecule has 1 unspecified atom stereocenters. The number of hydrogen-bond acceptors (Lipinski definition) is 4. The van der Waals surface area contributed by atoms with Gasteiger partial charge in [0.1, 0.15) is 11.8 Å². The lowest BCUT2D eigenvalue weighted by Crippen LogP contribution is -2.39. The van der Waals surface area contributed by atoms with Crippen molar-refractivity contribution in [2.45, 2.75) is 18.6 Å². The van der Waals surface area contributed by atoms with E-state index >= 15 is 0 Å². The van der Waals surface area contributed by atoms with Gasteiger partial charge in [-0.05, 0) is 44.9 Å². The topological polar surface area (TPSA) is 110 Å². The molecule has 0 radical (unpaired) electrons. The minimum atomic E-state index is -1.36. The van der Waals surface area contributed by atoms with Crippen molar-refractivity contribution in [3.05, 3.63) is 39.3 Å². The Labute approximate surface area is 148 Å². The minimum Gasteiger partial charge on any atom is -0.480 e. The normalized spacial score (nSPS) is 13.5. The molecule has 0 amide bonds. The minimum absolute atomic E-state index is 0.310. The van der Waals surface area contributed by atoms with Gasteiger partial charge < -0.3 is 20.7 Å². The summed E-state index contributed by atoms with van der Waals surface area (Å²) in [5, 5.41) is 19.8. The van der Waals surface area contributed by atoms with E-state index in [-0.39, 0.29) is 6.42 Å². The first-order valence-corrected chi connectivity index (χ1v) is 8.14. The maximum atomic E-state index is 11.3. The molecule has 0 fully saturated rings. The summed E-state index contributed by atoms with van der Waals surface area (Å²) in [6, 6.07) is 7.73. The molecule has 122 valence electrons. The monoisotopic (exact) mass is 445 g/mol. The van der Waals surface area contributed by atoms with Crippen LogP contribution < -0.4 is 10.5 Å². The summed E-state index contributed by atoms with van der Waals surface area (Å²) in [7, 11) is 0. The van der Waals surface area contributed by atoms with Gasteiger partial charge in [-0.15, -0.1) is 0 Å². The number of carboxylic acids is 2. The predicted molar refractivity (Wildman–Crippen MR) is 91.6 cm³/mol. The Morgan fingerprint density at radius 2 is 1.83 bits per heavy atom. The third kappa shape index (κ3) is 4.21. The van der Waals surface area contributed by atoms with Crippen LogP contribution >= 0.6 is 31.9 Å². The zero-order chi connectivity index (χ0) is 17.1. The van der Waals surface area contributed by atoms with E-state index in [1.165, 1.54) is 0 Å². The Morgan fingerprint density at radius 1 is 1.13 bits per heavy atom. The van der Waals surface area contributed by atoms with E-state index in [1.54, 1.807) is 12.1 Å². The Morgan fingerprint density at radius 3 is 2.43 bits per heavy atom. The van der Waals surface area contributed by atoms with Crippen LogP contribution in [0, 0.1) is 0 Å². The largest absolute Gasteiger partial charge is 0.480 e. The highest BCUT2D eigenvalue weighted by atomic mass is 79.9. The fourth-order valence-corrected chi connectivity index (χ4v) is 2.98. The summed E-state index contributed by atoms with van der Waals surface area (Å²) in [5.41, 5.74) is 5.39. The fraction of sp³-hybridized carbons (Fsp3) is 0.200. The van der Waals surface area contributed by atoms with Gasteiger partial charge in [0, 0.05) is 10.9 Å². The second-order valence-corrected chi connectivity index (χ2v) is 6.58. The van der Waals surface area contributed by atoms with Crippen LogP contribution in [0.4, 0.5) is 0 Å². The highest BCUT2D eigenvalue weighted by molar-refractivity contribution is 9.11. The van der Waals surface area contributed by atoms with Gasteiger partial charge in [-0.1, -0.05) is 28.1 Å². The Kier molecular flexibility index (Phi) is 5.61. The number of rotatable bonds is 6. The van der Waals surface area contributed by atoms with Crippen molar-refractivity contribution >= 4 is 54.6 Å². The summed E-state index contributed by atoms with van der Waals surface area (Å²) in [6.07, 6.45) is -1.69. The summed E-state index contributed by atoms with van der Waals surface area (Å²) in [4.78, 5) is 22.1. The Bertz CT molecular complexity index is 765. The number of halogens is 2. The maximum absolute atomic E-state index is 11.3. The molecule has 0 spiro atoms. The molecule has 2 rings (SSSR count). The number of carbonyl (C=O) groups is 2. The molecule has 2 aromatic carbocycles.